The SMILES string of the molecule is C1=Cc2cc(C=Cc3ccc(C=Cc4cc5c6c(c4)CCCN6CC=C5)cc3)cc3c2N(C1)CCC3. The van der Waals surface area contributed by atoms with Gasteiger partial charge in [-0.25, -0.2) is 0 Å². The Morgan fingerprint density at radius 3 is 1.44 bits per heavy atom. The average Bonchev–Trinajstić information content (AvgIpc) is 2.92. The number of hydrogen-bond donors (Lipinski definition) is 0. The molecular weight excluding hydrogens is 436 g/mol. The van der Waals surface area contributed by atoms with Crippen molar-refractivity contribution in [2.24, 2.45) is 0 Å². The molecule has 0 fully saturated rings. The molecule has 0 radical (unpaired) electrons. The maximum atomic E-state index is 2.53. The summed E-state index contributed by atoms with van der Waals surface area (Å²) in [6.45, 7) is 4.48. The molecule has 0 N–H and O–H groups in total. The zero-order valence-corrected chi connectivity index (χ0v) is 20.8. The lowest BCUT2D eigenvalue weighted by Crippen LogP contribution is -2.31. The molecule has 0 aliphatic carbocycles. The van der Waals surface area contributed by atoms with Gasteiger partial charge < -0.3 is 9.80 Å². The van der Waals surface area contributed by atoms with E-state index < -0.39 is 0 Å². The molecule has 0 unspecified atom stereocenters. The van der Waals surface area contributed by atoms with Crippen LogP contribution in [-0.4, -0.2) is 26.2 Å². The van der Waals surface area contributed by atoms with E-state index in [1.54, 1.807) is 0 Å². The molecule has 0 spiro atoms. The molecule has 4 aliphatic rings. The van der Waals surface area contributed by atoms with Crippen LogP contribution in [0.25, 0.3) is 36.5 Å². The number of rotatable bonds is 4. The molecule has 0 atom stereocenters. The highest BCUT2D eigenvalue weighted by Gasteiger charge is 2.22. The minimum Gasteiger partial charge on any atom is -0.367 e. The minimum atomic E-state index is 1.05. The molecule has 2 nitrogen and oxygen atoms in total. The van der Waals surface area contributed by atoms with Gasteiger partial charge in [-0.2, -0.15) is 0 Å². The molecule has 0 bridgehead atoms. The second-order valence-corrected chi connectivity index (χ2v) is 10.5. The molecule has 4 heterocycles. The minimum absolute atomic E-state index is 1.05. The number of nitrogens with zero attached hydrogens (tertiary/aromatic N) is 2. The van der Waals surface area contributed by atoms with Gasteiger partial charge in [0.15, 0.2) is 0 Å². The van der Waals surface area contributed by atoms with Gasteiger partial charge in [0.25, 0.3) is 0 Å². The summed E-state index contributed by atoms with van der Waals surface area (Å²) >= 11 is 0. The van der Waals surface area contributed by atoms with Crippen LogP contribution >= 0.6 is 0 Å². The van der Waals surface area contributed by atoms with E-state index in [1.165, 1.54) is 94.7 Å². The van der Waals surface area contributed by atoms with E-state index in [0.29, 0.717) is 0 Å². The quantitative estimate of drug-likeness (QED) is 0.364. The summed E-state index contributed by atoms with van der Waals surface area (Å²) in [5, 5.41) is 0. The molecule has 0 aromatic heterocycles. The Bertz CT molecular complexity index is 1320. The van der Waals surface area contributed by atoms with Crippen LogP contribution in [-0.2, 0) is 12.8 Å². The largest absolute Gasteiger partial charge is 0.367 e. The second-order valence-electron chi connectivity index (χ2n) is 10.5. The molecule has 0 saturated heterocycles. The summed E-state index contributed by atoms with van der Waals surface area (Å²) < 4.78 is 0. The molecule has 0 saturated carbocycles. The zero-order chi connectivity index (χ0) is 23.9. The van der Waals surface area contributed by atoms with Crippen molar-refractivity contribution in [1.82, 2.24) is 0 Å². The van der Waals surface area contributed by atoms with Crippen molar-refractivity contribution in [2.45, 2.75) is 25.7 Å². The van der Waals surface area contributed by atoms with Crippen LogP contribution in [0.3, 0.4) is 0 Å². The Morgan fingerprint density at radius 1 is 0.528 bits per heavy atom. The number of hydrogen-bond acceptors (Lipinski definition) is 2. The third-order valence-electron chi connectivity index (χ3n) is 7.98. The third kappa shape index (κ3) is 4.01. The fourth-order valence-corrected chi connectivity index (χ4v) is 6.31. The lowest BCUT2D eigenvalue weighted by atomic mass is 9.92. The Labute approximate surface area is 214 Å². The van der Waals surface area contributed by atoms with Gasteiger partial charge in [0.2, 0.25) is 0 Å². The van der Waals surface area contributed by atoms with Gasteiger partial charge in [0.1, 0.15) is 0 Å². The summed E-state index contributed by atoms with van der Waals surface area (Å²) in [6.07, 6.45) is 23.1. The molecule has 3 aromatic rings. The summed E-state index contributed by atoms with van der Waals surface area (Å²) in [5.41, 5.74) is 13.7. The first-order valence-corrected chi connectivity index (χ1v) is 13.4. The van der Waals surface area contributed by atoms with E-state index in [2.05, 4.69) is 107 Å². The van der Waals surface area contributed by atoms with Crippen LogP contribution in [0.15, 0.2) is 60.7 Å². The van der Waals surface area contributed by atoms with Gasteiger partial charge in [-0.15, -0.1) is 0 Å². The van der Waals surface area contributed by atoms with Crippen molar-refractivity contribution >= 4 is 47.8 Å². The lowest BCUT2D eigenvalue weighted by Gasteiger charge is -2.34. The number of benzene rings is 3. The van der Waals surface area contributed by atoms with Gasteiger partial charge >= 0.3 is 0 Å². The Hall–Kier alpha value is -3.78. The smallest absolute Gasteiger partial charge is 0.0475 e. The summed E-state index contributed by atoms with van der Waals surface area (Å²) in [4.78, 5) is 5.05. The molecule has 2 heteroatoms. The van der Waals surface area contributed by atoms with Gasteiger partial charge in [0, 0.05) is 37.6 Å². The van der Waals surface area contributed by atoms with E-state index in [1.807, 2.05) is 0 Å². The molecule has 36 heavy (non-hydrogen) atoms. The van der Waals surface area contributed by atoms with Crippen LogP contribution in [0.2, 0.25) is 0 Å². The van der Waals surface area contributed by atoms with Crippen molar-refractivity contribution in [3.8, 4) is 0 Å². The molecule has 3 aromatic carbocycles. The lowest BCUT2D eigenvalue weighted by molar-refractivity contribution is 0.718. The van der Waals surface area contributed by atoms with Crippen molar-refractivity contribution in [2.75, 3.05) is 36.0 Å². The maximum absolute atomic E-state index is 2.53. The van der Waals surface area contributed by atoms with Gasteiger partial charge in [0.05, 0.1) is 0 Å². The van der Waals surface area contributed by atoms with Crippen molar-refractivity contribution in [3.05, 3.63) is 105 Å². The first-order valence-electron chi connectivity index (χ1n) is 13.4. The van der Waals surface area contributed by atoms with Crippen LogP contribution in [0.5, 0.6) is 0 Å². The molecular formula is C34H32N2. The Kier molecular flexibility index (Phi) is 5.39. The normalized spacial score (nSPS) is 17.7. The van der Waals surface area contributed by atoms with E-state index in [9.17, 15) is 0 Å². The summed E-state index contributed by atoms with van der Waals surface area (Å²) in [6, 6.07) is 18.3. The summed E-state index contributed by atoms with van der Waals surface area (Å²) in [7, 11) is 0. The standard InChI is InChI=1S/C34H32N2/c1-5-29-21-27(22-30-6-2-18-35(17-1)33(29)30)15-13-25-9-11-26(12-10-25)14-16-28-23-31-7-3-19-36-20-4-8-32(24-28)34(31)36/h1,3,5,7,9-16,21-24H,2,4,6,8,17-20H2. The van der Waals surface area contributed by atoms with Crippen LogP contribution in [0.4, 0.5) is 11.4 Å². The number of aryl methyl sites for hydroxylation is 2. The fraction of sp³-hybridized carbons (Fsp3) is 0.235. The molecule has 178 valence electrons. The maximum Gasteiger partial charge on any atom is 0.0475 e. The fourth-order valence-electron chi connectivity index (χ4n) is 6.31. The highest BCUT2D eigenvalue weighted by atomic mass is 15.1. The van der Waals surface area contributed by atoms with E-state index in [-0.39, 0.29) is 0 Å². The number of anilines is 2. The van der Waals surface area contributed by atoms with Crippen LogP contribution in [0, 0.1) is 0 Å². The monoisotopic (exact) mass is 468 g/mol. The first-order chi connectivity index (χ1) is 17.8. The van der Waals surface area contributed by atoms with E-state index in [4.69, 9.17) is 0 Å². The van der Waals surface area contributed by atoms with Gasteiger partial charge in [-0.1, -0.05) is 72.9 Å². The van der Waals surface area contributed by atoms with E-state index >= 15 is 0 Å². The Morgan fingerprint density at radius 2 is 0.972 bits per heavy atom. The highest BCUT2D eigenvalue weighted by molar-refractivity contribution is 5.82. The third-order valence-corrected chi connectivity index (χ3v) is 7.98. The average molecular weight is 469 g/mol. The first kappa shape index (κ1) is 21.5. The molecule has 7 rings (SSSR count). The topological polar surface area (TPSA) is 6.48 Å². The van der Waals surface area contributed by atoms with Gasteiger partial charge in [-0.3, -0.25) is 0 Å². The predicted octanol–water partition coefficient (Wildman–Crippen LogP) is 7.59. The summed E-state index contributed by atoms with van der Waals surface area (Å²) in [5.74, 6) is 0. The van der Waals surface area contributed by atoms with E-state index in [0.717, 1.165) is 13.1 Å². The molecule has 0 amide bonds. The predicted molar refractivity (Wildman–Crippen MR) is 156 cm³/mol. The zero-order valence-electron chi connectivity index (χ0n) is 20.8. The molecule has 4 aliphatic heterocycles. The van der Waals surface area contributed by atoms with Crippen LogP contribution in [0.1, 0.15) is 57.3 Å². The van der Waals surface area contributed by atoms with Crippen molar-refractivity contribution in [3.63, 3.8) is 0 Å². The van der Waals surface area contributed by atoms with Crippen LogP contribution < -0.4 is 9.80 Å². The Balaban J connectivity index is 1.08. The second kappa shape index (κ2) is 9.02. The highest BCUT2D eigenvalue weighted by Crippen LogP contribution is 2.37. The van der Waals surface area contributed by atoms with Crippen molar-refractivity contribution < 1.29 is 0 Å². The van der Waals surface area contributed by atoms with Gasteiger partial charge in [-0.05, 0) is 94.5 Å². The van der Waals surface area contributed by atoms with Crippen molar-refractivity contribution in [1.29, 1.82) is 0 Å².